The minimum Gasteiger partial charge on any atom is -0.120 e. The molecule has 1 unspecified atom stereocenters. The van der Waals surface area contributed by atoms with E-state index in [1.807, 2.05) is 0 Å². The van der Waals surface area contributed by atoms with Crippen LogP contribution in [0.5, 0.6) is 0 Å². The molecule has 1 aliphatic carbocycles. The second-order valence-electron chi connectivity index (χ2n) is 4.44. The normalized spacial score (nSPS) is 20.2. The Hall–Kier alpha value is -0.440. The van der Waals surface area contributed by atoms with Crippen molar-refractivity contribution in [3.05, 3.63) is 0 Å². The molecule has 0 saturated heterocycles. The van der Waals surface area contributed by atoms with Crippen LogP contribution >= 0.6 is 0 Å². The minimum atomic E-state index is 0.584. The molecule has 0 radical (unpaired) electrons. The van der Waals surface area contributed by atoms with Gasteiger partial charge in [0.25, 0.3) is 0 Å². The molecule has 0 bridgehead atoms. The molecule has 0 aromatic carbocycles. The van der Waals surface area contributed by atoms with Crippen molar-refractivity contribution in [2.75, 3.05) is 0 Å². The highest BCUT2D eigenvalue weighted by atomic mass is 14.3. The van der Waals surface area contributed by atoms with Gasteiger partial charge in [-0.15, -0.1) is 12.3 Å². The Kier molecular flexibility index (Phi) is 3.66. The van der Waals surface area contributed by atoms with E-state index in [0.29, 0.717) is 5.92 Å². The van der Waals surface area contributed by atoms with E-state index in [2.05, 4.69) is 19.8 Å². The molecule has 0 aromatic heterocycles. The summed E-state index contributed by atoms with van der Waals surface area (Å²) in [6, 6.07) is 0. The summed E-state index contributed by atoms with van der Waals surface area (Å²) in [6.45, 7) is 4.54. The van der Waals surface area contributed by atoms with E-state index in [9.17, 15) is 0 Å². The molecule has 0 heterocycles. The maximum atomic E-state index is 5.52. The molecule has 1 aliphatic rings. The summed E-state index contributed by atoms with van der Waals surface area (Å²) in [7, 11) is 0. The van der Waals surface area contributed by atoms with Crippen LogP contribution in [-0.4, -0.2) is 0 Å². The fourth-order valence-corrected chi connectivity index (χ4v) is 1.81. The van der Waals surface area contributed by atoms with Crippen molar-refractivity contribution in [3.63, 3.8) is 0 Å². The first kappa shape index (κ1) is 9.65. The molecule has 0 N–H and O–H groups in total. The number of hydrogen-bond acceptors (Lipinski definition) is 0. The number of hydrogen-bond donors (Lipinski definition) is 0. The van der Waals surface area contributed by atoms with Gasteiger partial charge >= 0.3 is 0 Å². The van der Waals surface area contributed by atoms with Gasteiger partial charge in [0.1, 0.15) is 0 Å². The molecule has 1 atom stereocenters. The summed E-state index contributed by atoms with van der Waals surface area (Å²) in [5.74, 6) is 5.22. The lowest BCUT2D eigenvalue weighted by Gasteiger charge is -2.31. The monoisotopic (exact) mass is 164 g/mol. The van der Waals surface area contributed by atoms with Gasteiger partial charge in [-0.05, 0) is 37.5 Å². The molecule has 1 saturated carbocycles. The predicted molar refractivity (Wildman–Crippen MR) is 53.7 cm³/mol. The van der Waals surface area contributed by atoms with E-state index in [-0.39, 0.29) is 0 Å². The summed E-state index contributed by atoms with van der Waals surface area (Å²) in [5.41, 5.74) is 0. The van der Waals surface area contributed by atoms with Crippen molar-refractivity contribution < 1.29 is 0 Å². The molecule has 0 amide bonds. The minimum absolute atomic E-state index is 0.584. The zero-order chi connectivity index (χ0) is 8.97. The van der Waals surface area contributed by atoms with Crippen molar-refractivity contribution in [1.82, 2.24) is 0 Å². The first-order chi connectivity index (χ1) is 5.74. The first-order valence-corrected chi connectivity index (χ1v) is 5.20. The highest BCUT2D eigenvalue weighted by molar-refractivity contribution is 4.98. The Bertz CT molecular complexity index is 157. The van der Waals surface area contributed by atoms with Gasteiger partial charge in [-0.2, -0.15) is 0 Å². The topological polar surface area (TPSA) is 0 Å². The molecule has 0 nitrogen and oxygen atoms in total. The van der Waals surface area contributed by atoms with Crippen molar-refractivity contribution in [1.29, 1.82) is 0 Å². The molecule has 1 rings (SSSR count). The standard InChI is InChI=1S/C12H20/c1-4-11(9-8-10(2)3)12-6-5-7-12/h1,10-12H,5-9H2,2-3H3. The first-order valence-electron chi connectivity index (χ1n) is 5.20. The molecule has 68 valence electrons. The lowest BCUT2D eigenvalue weighted by molar-refractivity contribution is 0.231. The average Bonchev–Trinajstić information content (AvgIpc) is 1.93. The third-order valence-corrected chi connectivity index (χ3v) is 2.99. The van der Waals surface area contributed by atoms with Gasteiger partial charge in [-0.25, -0.2) is 0 Å². The fraction of sp³-hybridized carbons (Fsp3) is 0.833. The van der Waals surface area contributed by atoms with E-state index in [1.54, 1.807) is 0 Å². The summed E-state index contributed by atoms with van der Waals surface area (Å²) in [6.07, 6.45) is 12.2. The Morgan fingerprint density at radius 1 is 1.33 bits per heavy atom. The van der Waals surface area contributed by atoms with E-state index in [4.69, 9.17) is 6.42 Å². The number of terminal acetylenes is 1. The molecule has 0 aromatic rings. The molecular formula is C12H20. The molecule has 12 heavy (non-hydrogen) atoms. The van der Waals surface area contributed by atoms with E-state index in [1.165, 1.54) is 32.1 Å². The van der Waals surface area contributed by atoms with Crippen molar-refractivity contribution >= 4 is 0 Å². The van der Waals surface area contributed by atoms with E-state index < -0.39 is 0 Å². The summed E-state index contributed by atoms with van der Waals surface area (Å²) in [4.78, 5) is 0. The zero-order valence-electron chi connectivity index (χ0n) is 8.34. The zero-order valence-corrected chi connectivity index (χ0v) is 8.34. The van der Waals surface area contributed by atoms with E-state index in [0.717, 1.165) is 11.8 Å². The van der Waals surface area contributed by atoms with Gasteiger partial charge in [0.15, 0.2) is 0 Å². The van der Waals surface area contributed by atoms with Gasteiger partial charge in [0.05, 0.1) is 0 Å². The van der Waals surface area contributed by atoms with Crippen LogP contribution in [0.15, 0.2) is 0 Å². The SMILES string of the molecule is C#CC(CCC(C)C)C1CCC1. The molecule has 0 aliphatic heterocycles. The van der Waals surface area contributed by atoms with Crippen LogP contribution in [0.4, 0.5) is 0 Å². The summed E-state index contributed by atoms with van der Waals surface area (Å²) >= 11 is 0. The molecule has 0 heteroatoms. The van der Waals surface area contributed by atoms with Crippen molar-refractivity contribution in [2.24, 2.45) is 17.8 Å². The maximum Gasteiger partial charge on any atom is 0.0228 e. The molecular weight excluding hydrogens is 144 g/mol. The quantitative estimate of drug-likeness (QED) is 0.558. The second-order valence-corrected chi connectivity index (χ2v) is 4.44. The third-order valence-electron chi connectivity index (χ3n) is 2.99. The van der Waals surface area contributed by atoms with Crippen LogP contribution in [0, 0.1) is 30.1 Å². The Morgan fingerprint density at radius 3 is 2.33 bits per heavy atom. The predicted octanol–water partition coefficient (Wildman–Crippen LogP) is 3.47. The van der Waals surface area contributed by atoms with Crippen LogP contribution in [0.25, 0.3) is 0 Å². The lowest BCUT2D eigenvalue weighted by atomic mass is 9.74. The van der Waals surface area contributed by atoms with Crippen molar-refractivity contribution in [3.8, 4) is 12.3 Å². The highest BCUT2D eigenvalue weighted by Gasteiger charge is 2.25. The molecule has 0 spiro atoms. The van der Waals surface area contributed by atoms with E-state index >= 15 is 0 Å². The Balaban J connectivity index is 2.21. The fourth-order valence-electron chi connectivity index (χ4n) is 1.81. The highest BCUT2D eigenvalue weighted by Crippen LogP contribution is 2.35. The van der Waals surface area contributed by atoms with Crippen LogP contribution in [0.1, 0.15) is 46.0 Å². The van der Waals surface area contributed by atoms with Gasteiger partial charge in [-0.3, -0.25) is 0 Å². The van der Waals surface area contributed by atoms with Crippen molar-refractivity contribution in [2.45, 2.75) is 46.0 Å². The number of rotatable bonds is 4. The largest absolute Gasteiger partial charge is 0.120 e. The summed E-state index contributed by atoms with van der Waals surface area (Å²) < 4.78 is 0. The van der Waals surface area contributed by atoms with Gasteiger partial charge < -0.3 is 0 Å². The molecule has 1 fully saturated rings. The lowest BCUT2D eigenvalue weighted by Crippen LogP contribution is -2.21. The van der Waals surface area contributed by atoms with Crippen LogP contribution in [-0.2, 0) is 0 Å². The van der Waals surface area contributed by atoms with Gasteiger partial charge in [0.2, 0.25) is 0 Å². The maximum absolute atomic E-state index is 5.52. The van der Waals surface area contributed by atoms with Gasteiger partial charge in [-0.1, -0.05) is 20.3 Å². The van der Waals surface area contributed by atoms with Crippen LogP contribution in [0.2, 0.25) is 0 Å². The smallest absolute Gasteiger partial charge is 0.0228 e. The Morgan fingerprint density at radius 2 is 2.00 bits per heavy atom. The third kappa shape index (κ3) is 2.55. The average molecular weight is 164 g/mol. The summed E-state index contributed by atoms with van der Waals surface area (Å²) in [5, 5.41) is 0. The van der Waals surface area contributed by atoms with Crippen LogP contribution < -0.4 is 0 Å². The van der Waals surface area contributed by atoms with Gasteiger partial charge in [0, 0.05) is 5.92 Å². The Labute approximate surface area is 76.7 Å². The second kappa shape index (κ2) is 4.55. The van der Waals surface area contributed by atoms with Crippen LogP contribution in [0.3, 0.4) is 0 Å².